The highest BCUT2D eigenvalue weighted by molar-refractivity contribution is 5.79. The number of rotatable bonds is 1. The summed E-state index contributed by atoms with van der Waals surface area (Å²) in [6, 6.07) is 7.59. The predicted octanol–water partition coefficient (Wildman–Crippen LogP) is 1.29. The minimum Gasteiger partial charge on any atom is -0.370 e. The number of nitrogens with two attached hydrogens (primary N) is 1. The molecule has 0 unspecified atom stereocenters. The Labute approximate surface area is 101 Å². The molecule has 0 aliphatic carbocycles. The van der Waals surface area contributed by atoms with Crippen molar-refractivity contribution in [3.63, 3.8) is 0 Å². The summed E-state index contributed by atoms with van der Waals surface area (Å²) in [6.45, 7) is 0. The molecular weight excluding hydrogens is 247 g/mol. The van der Waals surface area contributed by atoms with Gasteiger partial charge in [-0.15, -0.1) is 0 Å². The number of hydrogen-bond donors (Lipinski definition) is 3. The highest BCUT2D eigenvalue weighted by Gasteiger charge is 2.56. The van der Waals surface area contributed by atoms with Gasteiger partial charge in [-0.2, -0.15) is 13.2 Å². The van der Waals surface area contributed by atoms with E-state index < -0.39 is 30.3 Å². The van der Waals surface area contributed by atoms with E-state index in [2.05, 4.69) is 4.99 Å². The Morgan fingerprint density at radius 3 is 2.50 bits per heavy atom. The molecule has 1 aliphatic rings. The molecule has 2 rings (SSSR count). The quantitative estimate of drug-likeness (QED) is 0.711. The van der Waals surface area contributed by atoms with E-state index in [1.807, 2.05) is 0 Å². The van der Waals surface area contributed by atoms with Crippen LogP contribution in [0.1, 0.15) is 18.0 Å². The molecule has 1 aliphatic heterocycles. The van der Waals surface area contributed by atoms with Gasteiger partial charge in [0, 0.05) is 6.42 Å². The van der Waals surface area contributed by atoms with Crippen LogP contribution in [0.15, 0.2) is 35.3 Å². The number of aliphatic hydroxyl groups is 1. The first-order valence-corrected chi connectivity index (χ1v) is 5.27. The number of nitrogens with zero attached hydrogens (tertiary/aromatic N) is 1. The van der Waals surface area contributed by atoms with E-state index in [0.717, 1.165) is 0 Å². The monoisotopic (exact) mass is 259 g/mol. The summed E-state index contributed by atoms with van der Waals surface area (Å²) in [4.78, 5) is 3.88. The summed E-state index contributed by atoms with van der Waals surface area (Å²) >= 11 is 0. The number of nitrogens with one attached hydrogen (secondary N) is 1. The van der Waals surface area contributed by atoms with Gasteiger partial charge in [0.2, 0.25) is 5.72 Å². The molecule has 98 valence electrons. The van der Waals surface area contributed by atoms with E-state index >= 15 is 0 Å². The van der Waals surface area contributed by atoms with E-state index in [1.54, 1.807) is 35.6 Å². The van der Waals surface area contributed by atoms with Crippen LogP contribution in [0.2, 0.25) is 0 Å². The Hall–Kier alpha value is -1.76. The van der Waals surface area contributed by atoms with Gasteiger partial charge >= 0.3 is 6.18 Å². The molecule has 0 amide bonds. The van der Waals surface area contributed by atoms with Crippen molar-refractivity contribution in [2.75, 3.05) is 0 Å². The Balaban J connectivity index is 2.33. The Morgan fingerprint density at radius 1 is 1.33 bits per heavy atom. The third kappa shape index (κ3) is 2.26. The summed E-state index contributed by atoms with van der Waals surface area (Å²) in [7, 11) is 0. The molecule has 0 radical (unpaired) electrons. The van der Waals surface area contributed by atoms with E-state index in [1.165, 1.54) is 0 Å². The van der Waals surface area contributed by atoms with Crippen LogP contribution in [0, 0.1) is 0 Å². The maximum absolute atomic E-state index is 12.8. The van der Waals surface area contributed by atoms with Crippen molar-refractivity contribution in [1.82, 2.24) is 5.32 Å². The second-order valence-electron chi connectivity index (χ2n) is 4.13. The molecule has 4 N–H and O–H groups in total. The van der Waals surface area contributed by atoms with E-state index in [-0.39, 0.29) is 0 Å². The van der Waals surface area contributed by atoms with Crippen LogP contribution in [0.25, 0.3) is 0 Å². The van der Waals surface area contributed by atoms with Gasteiger partial charge in [-0.1, -0.05) is 30.3 Å². The standard InChI is InChI=1S/C11H12F3N3O/c12-11(13,14)10(18)6-8(16-9(15)17-10)7-4-2-1-3-5-7/h1-5,8,18H,6H2,(H3,15,16,17)/t8-,10+/m1/s1. The summed E-state index contributed by atoms with van der Waals surface area (Å²) in [6.07, 6.45) is -5.43. The van der Waals surface area contributed by atoms with Crippen molar-refractivity contribution >= 4 is 5.96 Å². The highest BCUT2D eigenvalue weighted by Crippen LogP contribution is 2.38. The lowest BCUT2D eigenvalue weighted by Gasteiger charge is -2.37. The van der Waals surface area contributed by atoms with E-state index in [9.17, 15) is 18.3 Å². The fraction of sp³-hybridized carbons (Fsp3) is 0.364. The molecule has 0 bridgehead atoms. The van der Waals surface area contributed by atoms with Crippen LogP contribution >= 0.6 is 0 Å². The molecule has 0 saturated heterocycles. The molecule has 2 atom stereocenters. The lowest BCUT2D eigenvalue weighted by atomic mass is 9.95. The van der Waals surface area contributed by atoms with Crippen molar-refractivity contribution in [1.29, 1.82) is 0 Å². The van der Waals surface area contributed by atoms with Crippen molar-refractivity contribution in [2.24, 2.45) is 10.7 Å². The molecule has 1 aromatic carbocycles. The highest BCUT2D eigenvalue weighted by atomic mass is 19.4. The van der Waals surface area contributed by atoms with Crippen molar-refractivity contribution in [3.05, 3.63) is 35.9 Å². The minimum atomic E-state index is -4.82. The zero-order valence-electron chi connectivity index (χ0n) is 9.28. The number of alkyl halides is 3. The van der Waals surface area contributed by atoms with E-state index in [4.69, 9.17) is 5.73 Å². The predicted molar refractivity (Wildman–Crippen MR) is 59.6 cm³/mol. The van der Waals surface area contributed by atoms with Gasteiger partial charge in [-0.05, 0) is 5.56 Å². The van der Waals surface area contributed by atoms with Crippen molar-refractivity contribution in [2.45, 2.75) is 24.4 Å². The average Bonchev–Trinajstić information content (AvgIpc) is 2.27. The molecule has 0 saturated carbocycles. The Kier molecular flexibility index (Phi) is 2.94. The summed E-state index contributed by atoms with van der Waals surface area (Å²) in [5, 5.41) is 11.4. The fourth-order valence-corrected chi connectivity index (χ4v) is 1.84. The van der Waals surface area contributed by atoms with Gasteiger partial charge in [-0.3, -0.25) is 0 Å². The third-order valence-electron chi connectivity index (χ3n) is 2.77. The summed E-state index contributed by atoms with van der Waals surface area (Å²) in [5.74, 6) is -0.421. The van der Waals surface area contributed by atoms with Gasteiger partial charge in [0.25, 0.3) is 0 Å². The van der Waals surface area contributed by atoms with Crippen molar-refractivity contribution < 1.29 is 18.3 Å². The first kappa shape index (κ1) is 12.7. The lowest BCUT2D eigenvalue weighted by Crippen LogP contribution is -2.63. The normalized spacial score (nSPS) is 28.4. The first-order valence-electron chi connectivity index (χ1n) is 5.27. The van der Waals surface area contributed by atoms with Crippen LogP contribution in [-0.4, -0.2) is 23.0 Å². The second-order valence-corrected chi connectivity index (χ2v) is 4.13. The van der Waals surface area contributed by atoms with Crippen LogP contribution in [0.4, 0.5) is 13.2 Å². The summed E-state index contributed by atoms with van der Waals surface area (Å²) in [5.41, 5.74) is 2.85. The van der Waals surface area contributed by atoms with E-state index in [0.29, 0.717) is 5.56 Å². The van der Waals surface area contributed by atoms with Gasteiger partial charge < -0.3 is 16.2 Å². The molecule has 7 heteroatoms. The number of aliphatic imine (C=N–C) groups is 1. The molecule has 0 aromatic heterocycles. The Bertz CT molecular complexity index is 460. The molecule has 1 aromatic rings. The Morgan fingerprint density at radius 2 is 1.94 bits per heavy atom. The number of halogens is 3. The molecule has 4 nitrogen and oxygen atoms in total. The van der Waals surface area contributed by atoms with Crippen LogP contribution in [0.5, 0.6) is 0 Å². The number of benzene rings is 1. The van der Waals surface area contributed by atoms with Gasteiger partial charge in [-0.25, -0.2) is 4.99 Å². The SMILES string of the molecule is NC1=N[C@@H](c2ccccc2)C[C@](O)(C(F)(F)F)N1. The largest absolute Gasteiger partial charge is 0.436 e. The van der Waals surface area contributed by atoms with Crippen LogP contribution in [-0.2, 0) is 0 Å². The molecular formula is C11H12F3N3O. The zero-order valence-corrected chi connectivity index (χ0v) is 9.28. The van der Waals surface area contributed by atoms with Gasteiger partial charge in [0.05, 0.1) is 6.04 Å². The average molecular weight is 259 g/mol. The maximum atomic E-state index is 12.8. The summed E-state index contributed by atoms with van der Waals surface area (Å²) < 4.78 is 38.3. The maximum Gasteiger partial charge on any atom is 0.436 e. The fourth-order valence-electron chi connectivity index (χ4n) is 1.84. The number of hydrogen-bond acceptors (Lipinski definition) is 4. The molecule has 0 fully saturated rings. The molecule has 1 heterocycles. The smallest absolute Gasteiger partial charge is 0.370 e. The zero-order chi connectivity index (χ0) is 13.4. The lowest BCUT2D eigenvalue weighted by molar-refractivity contribution is -0.272. The molecule has 18 heavy (non-hydrogen) atoms. The van der Waals surface area contributed by atoms with Gasteiger partial charge in [0.15, 0.2) is 5.96 Å². The minimum absolute atomic E-state index is 0.421. The van der Waals surface area contributed by atoms with Crippen molar-refractivity contribution in [3.8, 4) is 0 Å². The molecule has 0 spiro atoms. The first-order chi connectivity index (χ1) is 8.32. The van der Waals surface area contributed by atoms with Crippen LogP contribution in [0.3, 0.4) is 0 Å². The van der Waals surface area contributed by atoms with Crippen LogP contribution < -0.4 is 11.1 Å². The second kappa shape index (κ2) is 4.16. The third-order valence-corrected chi connectivity index (χ3v) is 2.77. The number of guanidine groups is 1. The van der Waals surface area contributed by atoms with Gasteiger partial charge in [0.1, 0.15) is 0 Å². The topological polar surface area (TPSA) is 70.6 Å².